The van der Waals surface area contributed by atoms with E-state index in [-0.39, 0.29) is 18.5 Å². The Hall–Kier alpha value is -2.50. The van der Waals surface area contributed by atoms with E-state index in [0.717, 1.165) is 19.3 Å². The van der Waals surface area contributed by atoms with Crippen LogP contribution >= 0.6 is 0 Å². The zero-order valence-corrected chi connectivity index (χ0v) is 14.0. The Bertz CT molecular complexity index is 587. The number of anilines is 1. The van der Waals surface area contributed by atoms with Gasteiger partial charge in [0, 0.05) is 24.8 Å². The van der Waals surface area contributed by atoms with Crippen LogP contribution in [-0.2, 0) is 4.79 Å². The van der Waals surface area contributed by atoms with Crippen molar-refractivity contribution in [1.82, 2.24) is 10.6 Å². The van der Waals surface area contributed by atoms with E-state index in [0.29, 0.717) is 30.4 Å². The van der Waals surface area contributed by atoms with Crippen LogP contribution in [0.4, 0.5) is 10.5 Å². The summed E-state index contributed by atoms with van der Waals surface area (Å²) in [5.41, 5.74) is 0.629. The Morgan fingerprint density at radius 2 is 2.12 bits per heavy atom. The Morgan fingerprint density at radius 1 is 1.25 bits per heavy atom. The molecule has 24 heavy (non-hydrogen) atoms. The highest BCUT2D eigenvalue weighted by molar-refractivity contribution is 5.89. The molecule has 0 aromatic heterocycles. The zero-order chi connectivity index (χ0) is 17.2. The molecule has 0 radical (unpaired) electrons. The highest BCUT2D eigenvalue weighted by Gasteiger charge is 2.11. The molecule has 0 saturated carbocycles. The minimum absolute atomic E-state index is 0.0430. The van der Waals surface area contributed by atoms with Crippen LogP contribution < -0.4 is 20.7 Å². The average Bonchev–Trinajstić information content (AvgIpc) is 2.60. The van der Waals surface area contributed by atoms with E-state index in [9.17, 15) is 9.59 Å². The van der Waals surface area contributed by atoms with Gasteiger partial charge in [-0.1, -0.05) is 18.2 Å². The van der Waals surface area contributed by atoms with Crippen molar-refractivity contribution in [3.63, 3.8) is 0 Å². The van der Waals surface area contributed by atoms with Gasteiger partial charge in [0.25, 0.3) is 5.91 Å². The molecule has 3 amide bonds. The summed E-state index contributed by atoms with van der Waals surface area (Å²) in [6.45, 7) is 3.05. The van der Waals surface area contributed by atoms with Crippen LogP contribution in [-0.4, -0.2) is 31.6 Å². The maximum Gasteiger partial charge on any atom is 0.319 e. The second-order valence-electron chi connectivity index (χ2n) is 5.76. The SMILES string of the molecule is CCNC(=O)COc1cccc(NC(=O)NC[C@@H]2CC=CCC2)c1. The second kappa shape index (κ2) is 9.60. The fraction of sp³-hybridized carbons (Fsp3) is 0.444. The number of hydrogen-bond donors (Lipinski definition) is 3. The van der Waals surface area contributed by atoms with E-state index in [4.69, 9.17) is 4.74 Å². The molecule has 1 atom stereocenters. The quantitative estimate of drug-likeness (QED) is 0.672. The number of carbonyl (C=O) groups excluding carboxylic acids is 2. The predicted molar refractivity (Wildman–Crippen MR) is 94.1 cm³/mol. The summed E-state index contributed by atoms with van der Waals surface area (Å²) < 4.78 is 5.41. The van der Waals surface area contributed by atoms with E-state index in [1.54, 1.807) is 24.3 Å². The fourth-order valence-electron chi connectivity index (χ4n) is 2.51. The Labute approximate surface area is 142 Å². The molecular formula is C18H25N3O3. The van der Waals surface area contributed by atoms with E-state index >= 15 is 0 Å². The third-order valence-corrected chi connectivity index (χ3v) is 3.76. The summed E-state index contributed by atoms with van der Waals surface area (Å²) in [5.74, 6) is 0.874. The van der Waals surface area contributed by atoms with Crippen LogP contribution in [0, 0.1) is 5.92 Å². The van der Waals surface area contributed by atoms with Crippen molar-refractivity contribution in [2.75, 3.05) is 25.0 Å². The van der Waals surface area contributed by atoms with E-state index in [1.807, 2.05) is 6.92 Å². The molecule has 3 N–H and O–H groups in total. The summed E-state index contributed by atoms with van der Waals surface area (Å²) in [7, 11) is 0. The first-order chi connectivity index (χ1) is 11.7. The van der Waals surface area contributed by atoms with Crippen molar-refractivity contribution >= 4 is 17.6 Å². The van der Waals surface area contributed by atoms with Gasteiger partial charge in [-0.25, -0.2) is 4.79 Å². The maximum atomic E-state index is 12.0. The lowest BCUT2D eigenvalue weighted by Gasteiger charge is -2.18. The van der Waals surface area contributed by atoms with Gasteiger partial charge in [-0.3, -0.25) is 4.79 Å². The van der Waals surface area contributed by atoms with Gasteiger partial charge in [0.2, 0.25) is 0 Å². The standard InChI is InChI=1S/C18H25N3O3/c1-2-19-17(22)13-24-16-10-6-9-15(11-16)21-18(23)20-12-14-7-4-3-5-8-14/h3-4,6,9-11,14H,2,5,7-8,12-13H2,1H3,(H,19,22)(H2,20,21,23)/t14-/m1/s1. The van der Waals surface area contributed by atoms with Crippen LogP contribution in [0.25, 0.3) is 0 Å². The number of hydrogen-bond acceptors (Lipinski definition) is 3. The summed E-state index contributed by atoms with van der Waals surface area (Å²) in [6, 6.07) is 6.76. The smallest absolute Gasteiger partial charge is 0.319 e. The van der Waals surface area contributed by atoms with Gasteiger partial charge >= 0.3 is 6.03 Å². The second-order valence-corrected chi connectivity index (χ2v) is 5.76. The zero-order valence-electron chi connectivity index (χ0n) is 14.0. The lowest BCUT2D eigenvalue weighted by molar-refractivity contribution is -0.122. The van der Waals surface area contributed by atoms with Crippen LogP contribution in [0.5, 0.6) is 5.75 Å². The third-order valence-electron chi connectivity index (χ3n) is 3.76. The maximum absolute atomic E-state index is 12.0. The lowest BCUT2D eigenvalue weighted by Crippen LogP contribution is -2.33. The van der Waals surface area contributed by atoms with Crippen molar-refractivity contribution < 1.29 is 14.3 Å². The number of urea groups is 1. The van der Waals surface area contributed by atoms with E-state index < -0.39 is 0 Å². The van der Waals surface area contributed by atoms with Crippen molar-refractivity contribution in [3.05, 3.63) is 36.4 Å². The lowest BCUT2D eigenvalue weighted by atomic mass is 9.94. The molecule has 0 aliphatic heterocycles. The van der Waals surface area contributed by atoms with E-state index in [2.05, 4.69) is 28.1 Å². The van der Waals surface area contributed by atoms with Gasteiger partial charge in [0.15, 0.2) is 6.61 Å². The van der Waals surface area contributed by atoms with Gasteiger partial charge in [-0.05, 0) is 44.2 Å². The number of carbonyl (C=O) groups is 2. The van der Waals surface area contributed by atoms with Crippen molar-refractivity contribution in [2.24, 2.45) is 5.92 Å². The third kappa shape index (κ3) is 6.32. The average molecular weight is 331 g/mol. The molecule has 1 aromatic carbocycles. The number of benzene rings is 1. The number of amides is 3. The number of rotatable bonds is 7. The van der Waals surface area contributed by atoms with Crippen LogP contribution in [0.1, 0.15) is 26.2 Å². The Balaban J connectivity index is 1.77. The van der Waals surface area contributed by atoms with Gasteiger partial charge in [-0.2, -0.15) is 0 Å². The number of likely N-dealkylation sites (N-methyl/N-ethyl adjacent to an activating group) is 1. The van der Waals surface area contributed by atoms with Gasteiger partial charge in [0.1, 0.15) is 5.75 Å². The molecule has 0 spiro atoms. The molecule has 0 heterocycles. The Morgan fingerprint density at radius 3 is 2.88 bits per heavy atom. The summed E-state index contributed by atoms with van der Waals surface area (Å²) >= 11 is 0. The first-order valence-corrected chi connectivity index (χ1v) is 8.36. The Kier molecular flexibility index (Phi) is 7.14. The van der Waals surface area contributed by atoms with Gasteiger partial charge in [0.05, 0.1) is 0 Å². The molecule has 6 nitrogen and oxygen atoms in total. The van der Waals surface area contributed by atoms with Crippen LogP contribution in [0.15, 0.2) is 36.4 Å². The predicted octanol–water partition coefficient (Wildman–Crippen LogP) is 2.68. The minimum Gasteiger partial charge on any atom is -0.484 e. The molecule has 0 fully saturated rings. The van der Waals surface area contributed by atoms with Crippen LogP contribution in [0.3, 0.4) is 0 Å². The number of ether oxygens (including phenoxy) is 1. The summed E-state index contributed by atoms with van der Waals surface area (Å²) in [6.07, 6.45) is 7.56. The minimum atomic E-state index is -0.231. The highest BCUT2D eigenvalue weighted by atomic mass is 16.5. The summed E-state index contributed by atoms with van der Waals surface area (Å²) in [4.78, 5) is 23.4. The normalized spacial score (nSPS) is 16.3. The number of allylic oxidation sites excluding steroid dienone is 2. The molecule has 6 heteroatoms. The molecule has 1 aliphatic carbocycles. The van der Waals surface area contributed by atoms with Crippen molar-refractivity contribution in [3.8, 4) is 5.75 Å². The largest absolute Gasteiger partial charge is 0.484 e. The highest BCUT2D eigenvalue weighted by Crippen LogP contribution is 2.18. The molecule has 0 bridgehead atoms. The molecule has 0 saturated heterocycles. The number of nitrogens with one attached hydrogen (secondary N) is 3. The van der Waals surface area contributed by atoms with Crippen molar-refractivity contribution in [1.29, 1.82) is 0 Å². The molecule has 130 valence electrons. The van der Waals surface area contributed by atoms with Gasteiger partial charge in [-0.15, -0.1) is 0 Å². The van der Waals surface area contributed by atoms with Gasteiger partial charge < -0.3 is 20.7 Å². The molecule has 0 unspecified atom stereocenters. The molecule has 2 rings (SSSR count). The van der Waals surface area contributed by atoms with E-state index in [1.165, 1.54) is 0 Å². The first kappa shape index (κ1) is 17.8. The topological polar surface area (TPSA) is 79.5 Å². The monoisotopic (exact) mass is 331 g/mol. The van der Waals surface area contributed by atoms with Crippen LogP contribution in [0.2, 0.25) is 0 Å². The summed E-state index contributed by atoms with van der Waals surface area (Å²) in [5, 5.41) is 8.35. The fourth-order valence-corrected chi connectivity index (χ4v) is 2.51. The molecule has 1 aliphatic rings. The van der Waals surface area contributed by atoms with Crippen molar-refractivity contribution in [2.45, 2.75) is 26.2 Å². The molecule has 1 aromatic rings. The first-order valence-electron chi connectivity index (χ1n) is 8.36. The molecular weight excluding hydrogens is 306 g/mol.